The molecule has 3 heterocycles. The molecule has 1 saturated heterocycles. The van der Waals surface area contributed by atoms with Gasteiger partial charge in [-0.3, -0.25) is 4.79 Å². The number of aromatic nitrogens is 2. The fourth-order valence-corrected chi connectivity index (χ4v) is 4.35. The molecule has 3 rings (SSSR count). The highest BCUT2D eigenvalue weighted by Crippen LogP contribution is 2.30. The number of hydrogen-bond acceptors (Lipinski definition) is 7. The summed E-state index contributed by atoms with van der Waals surface area (Å²) in [6.07, 6.45) is 1.89. The van der Waals surface area contributed by atoms with E-state index >= 15 is 0 Å². The van der Waals surface area contributed by atoms with Crippen molar-refractivity contribution in [3.8, 4) is 0 Å². The summed E-state index contributed by atoms with van der Waals surface area (Å²) in [5, 5.41) is 4.23. The van der Waals surface area contributed by atoms with Crippen LogP contribution in [-0.4, -0.2) is 61.3 Å². The highest BCUT2D eigenvalue weighted by molar-refractivity contribution is 7.17. The summed E-state index contributed by atoms with van der Waals surface area (Å²) in [7, 11) is 2.93. The number of amides is 1. The molecule has 2 aromatic rings. The first-order valence-corrected chi connectivity index (χ1v) is 10.1. The number of hydrogen-bond donors (Lipinski definition) is 2. The Morgan fingerprint density at radius 1 is 1.36 bits per heavy atom. The van der Waals surface area contributed by atoms with Crippen molar-refractivity contribution in [1.82, 2.24) is 15.3 Å². The maximum atomic E-state index is 12.6. The Kier molecular flexibility index (Phi) is 6.49. The summed E-state index contributed by atoms with van der Waals surface area (Å²) < 4.78 is 10.3. The van der Waals surface area contributed by atoms with Gasteiger partial charge in [0.2, 0.25) is 0 Å². The van der Waals surface area contributed by atoms with Gasteiger partial charge in [-0.25, -0.2) is 9.78 Å². The minimum absolute atomic E-state index is 0.202. The van der Waals surface area contributed by atoms with Crippen LogP contribution in [0.2, 0.25) is 10.0 Å². The first-order valence-electron chi connectivity index (χ1n) is 8.52. The second-order valence-corrected chi connectivity index (χ2v) is 8.11. The van der Waals surface area contributed by atoms with Crippen LogP contribution in [0.1, 0.15) is 32.3 Å². The second-order valence-electron chi connectivity index (χ2n) is 6.34. The summed E-state index contributed by atoms with van der Waals surface area (Å²) in [6.45, 7) is 2.92. The quantitative estimate of drug-likeness (QED) is 0.685. The maximum absolute atomic E-state index is 12.6. The number of H-pyrrole nitrogens is 1. The summed E-state index contributed by atoms with van der Waals surface area (Å²) in [5.41, 5.74) is 0.879. The molecule has 0 unspecified atom stereocenters. The summed E-state index contributed by atoms with van der Waals surface area (Å²) >= 11 is 13.4. The molecule has 1 fully saturated rings. The number of esters is 1. The van der Waals surface area contributed by atoms with Crippen LogP contribution in [0.3, 0.4) is 0 Å². The van der Waals surface area contributed by atoms with Crippen molar-refractivity contribution < 1.29 is 19.1 Å². The van der Waals surface area contributed by atoms with Crippen LogP contribution in [0, 0.1) is 6.92 Å². The number of thiazole rings is 1. The molecule has 0 aromatic carbocycles. The Morgan fingerprint density at radius 2 is 2.11 bits per heavy atom. The van der Waals surface area contributed by atoms with Crippen LogP contribution >= 0.6 is 34.5 Å². The molecule has 0 bridgehead atoms. The Hall–Kier alpha value is -1.81. The molecule has 1 aliphatic rings. The first kappa shape index (κ1) is 20.9. The number of aromatic amines is 1. The monoisotopic (exact) mass is 446 g/mol. The number of piperidine rings is 1. The van der Waals surface area contributed by atoms with Gasteiger partial charge in [0, 0.05) is 25.9 Å². The predicted octanol–water partition coefficient (Wildman–Crippen LogP) is 2.90. The molecular formula is C17H20Cl2N4O4S. The van der Waals surface area contributed by atoms with Gasteiger partial charge in [0.15, 0.2) is 5.13 Å². The number of nitrogens with zero attached hydrogens (tertiary/aromatic N) is 2. The van der Waals surface area contributed by atoms with Crippen molar-refractivity contribution in [3.63, 3.8) is 0 Å². The average Bonchev–Trinajstić information content (AvgIpc) is 3.29. The third kappa shape index (κ3) is 4.12. The molecule has 8 nitrogen and oxygen atoms in total. The minimum atomic E-state index is -0.411. The van der Waals surface area contributed by atoms with E-state index in [1.54, 1.807) is 14.0 Å². The fraction of sp³-hybridized carbons (Fsp3) is 0.471. The first-order chi connectivity index (χ1) is 13.3. The molecule has 0 aliphatic carbocycles. The Bertz CT molecular complexity index is 885. The molecule has 11 heteroatoms. The van der Waals surface area contributed by atoms with E-state index in [1.807, 2.05) is 4.90 Å². The SMILES string of the molecule is COC(=O)c1cnc(N2CC[C@@H](NC(=O)c3[nH]c(C)c(Cl)c3Cl)[C@@H](OC)C2)s1. The summed E-state index contributed by atoms with van der Waals surface area (Å²) in [4.78, 5) is 33.9. The molecule has 1 aliphatic heterocycles. The van der Waals surface area contributed by atoms with Crippen molar-refractivity contribution in [2.24, 2.45) is 0 Å². The Labute approximate surface area is 176 Å². The van der Waals surface area contributed by atoms with Crippen molar-refractivity contribution >= 4 is 51.5 Å². The minimum Gasteiger partial charge on any atom is -0.465 e. The van der Waals surface area contributed by atoms with E-state index in [1.165, 1.54) is 24.6 Å². The highest BCUT2D eigenvalue weighted by atomic mass is 35.5. The number of nitrogens with one attached hydrogen (secondary N) is 2. The molecule has 0 spiro atoms. The van der Waals surface area contributed by atoms with E-state index in [-0.39, 0.29) is 28.8 Å². The number of ether oxygens (including phenoxy) is 2. The smallest absolute Gasteiger partial charge is 0.349 e. The standard InChI is InChI=1S/C17H20Cl2N4O4S/c1-8-12(18)13(19)14(21-8)15(24)22-9-4-5-23(7-10(9)26-2)17-20-6-11(28-17)16(25)27-3/h6,9-10,21H,4-5,7H2,1-3H3,(H,22,24)/t9-,10+/m1/s1. The van der Waals surface area contributed by atoms with Crippen molar-refractivity contribution in [2.75, 3.05) is 32.2 Å². The molecule has 28 heavy (non-hydrogen) atoms. The number of halogens is 2. The zero-order valence-corrected chi connectivity index (χ0v) is 17.9. The Morgan fingerprint density at radius 3 is 2.71 bits per heavy atom. The van der Waals surface area contributed by atoms with E-state index in [0.717, 1.165) is 0 Å². The van der Waals surface area contributed by atoms with Gasteiger partial charge >= 0.3 is 5.97 Å². The predicted molar refractivity (Wildman–Crippen MR) is 108 cm³/mol. The van der Waals surface area contributed by atoms with Crippen LogP contribution in [0.25, 0.3) is 0 Å². The topological polar surface area (TPSA) is 96.5 Å². The molecule has 0 radical (unpaired) electrons. The number of rotatable bonds is 5. The molecule has 2 atom stereocenters. The van der Waals surface area contributed by atoms with E-state index in [4.69, 9.17) is 32.7 Å². The van der Waals surface area contributed by atoms with Crippen LogP contribution < -0.4 is 10.2 Å². The molecular weight excluding hydrogens is 427 g/mol. The van der Waals surface area contributed by atoms with Crippen LogP contribution in [-0.2, 0) is 9.47 Å². The van der Waals surface area contributed by atoms with Gasteiger partial charge in [0.25, 0.3) is 5.91 Å². The van der Waals surface area contributed by atoms with Gasteiger partial charge in [0.1, 0.15) is 10.6 Å². The normalized spacial score (nSPS) is 19.5. The third-order valence-corrected chi connectivity index (χ3v) is 6.60. The van der Waals surface area contributed by atoms with Crippen molar-refractivity contribution in [3.05, 3.63) is 32.5 Å². The Balaban J connectivity index is 1.67. The lowest BCUT2D eigenvalue weighted by Gasteiger charge is -2.37. The zero-order valence-electron chi connectivity index (χ0n) is 15.5. The lowest BCUT2D eigenvalue weighted by atomic mass is 10.0. The van der Waals surface area contributed by atoms with E-state index in [9.17, 15) is 9.59 Å². The van der Waals surface area contributed by atoms with E-state index < -0.39 is 5.97 Å². The zero-order chi connectivity index (χ0) is 20.4. The lowest BCUT2D eigenvalue weighted by molar-refractivity contribution is 0.0540. The number of carbonyl (C=O) groups excluding carboxylic acids is 2. The van der Waals surface area contributed by atoms with Crippen LogP contribution in [0.15, 0.2) is 6.20 Å². The highest BCUT2D eigenvalue weighted by Gasteiger charge is 2.33. The van der Waals surface area contributed by atoms with Gasteiger partial charge in [-0.1, -0.05) is 34.5 Å². The van der Waals surface area contributed by atoms with Crippen molar-refractivity contribution in [1.29, 1.82) is 0 Å². The van der Waals surface area contributed by atoms with Crippen LogP contribution in [0.5, 0.6) is 0 Å². The van der Waals surface area contributed by atoms with Crippen molar-refractivity contribution in [2.45, 2.75) is 25.5 Å². The molecule has 152 valence electrons. The largest absolute Gasteiger partial charge is 0.465 e. The number of carbonyl (C=O) groups is 2. The van der Waals surface area contributed by atoms with Gasteiger partial charge in [-0.05, 0) is 13.3 Å². The number of aryl methyl sites for hydroxylation is 1. The second kappa shape index (κ2) is 8.69. The van der Waals surface area contributed by atoms with Gasteiger partial charge < -0.3 is 24.7 Å². The molecule has 0 saturated carbocycles. The molecule has 1 amide bonds. The maximum Gasteiger partial charge on any atom is 0.349 e. The van der Waals surface area contributed by atoms with Gasteiger partial charge in [0.05, 0.1) is 35.5 Å². The fourth-order valence-electron chi connectivity index (χ4n) is 3.07. The number of anilines is 1. The third-order valence-electron chi connectivity index (χ3n) is 4.61. The van der Waals surface area contributed by atoms with E-state index in [0.29, 0.717) is 40.2 Å². The molecule has 2 N–H and O–H groups in total. The molecule has 2 aromatic heterocycles. The summed E-state index contributed by atoms with van der Waals surface area (Å²) in [5.74, 6) is -0.742. The number of methoxy groups -OCH3 is 2. The van der Waals surface area contributed by atoms with E-state index in [2.05, 4.69) is 15.3 Å². The summed E-state index contributed by atoms with van der Waals surface area (Å²) in [6, 6.07) is -0.202. The lowest BCUT2D eigenvalue weighted by Crippen LogP contribution is -2.55. The van der Waals surface area contributed by atoms with Gasteiger partial charge in [-0.15, -0.1) is 0 Å². The van der Waals surface area contributed by atoms with Gasteiger partial charge in [-0.2, -0.15) is 0 Å². The average molecular weight is 447 g/mol. The van der Waals surface area contributed by atoms with Crippen LogP contribution in [0.4, 0.5) is 5.13 Å².